The second kappa shape index (κ2) is 13.1. The van der Waals surface area contributed by atoms with E-state index in [1.54, 1.807) is 24.4 Å². The van der Waals surface area contributed by atoms with E-state index < -0.39 is 35.7 Å². The Morgan fingerprint density at radius 1 is 0.917 bits per heavy atom. The minimum atomic E-state index is -1.01. The molecule has 4 amide bonds. The number of rotatable bonds is 12. The highest BCUT2D eigenvalue weighted by Crippen LogP contribution is 2.15. The lowest BCUT2D eigenvalue weighted by molar-refractivity contribution is -0.131. The van der Waals surface area contributed by atoms with Crippen molar-refractivity contribution in [1.29, 1.82) is 0 Å². The van der Waals surface area contributed by atoms with Gasteiger partial charge in [0, 0.05) is 18.2 Å². The molecule has 11 nitrogen and oxygen atoms in total. The third-order valence-corrected chi connectivity index (χ3v) is 5.63. The molecule has 2 atom stereocenters. The normalized spacial score (nSPS) is 12.5. The van der Waals surface area contributed by atoms with Gasteiger partial charge in [0.1, 0.15) is 12.1 Å². The van der Waals surface area contributed by atoms with Gasteiger partial charge in [-0.25, -0.2) is 4.98 Å². The molecule has 3 aromatic rings. The van der Waals surface area contributed by atoms with Crippen LogP contribution in [-0.4, -0.2) is 58.8 Å². The van der Waals surface area contributed by atoms with Crippen LogP contribution in [0, 0.1) is 0 Å². The summed E-state index contributed by atoms with van der Waals surface area (Å²) in [6, 6.07) is 10.7. The molecule has 8 N–H and O–H groups in total. The molecular weight excluding hydrogens is 462 g/mol. The van der Waals surface area contributed by atoms with E-state index >= 15 is 0 Å². The molecule has 0 aliphatic rings. The molecule has 3 rings (SSSR count). The van der Waals surface area contributed by atoms with Crippen LogP contribution in [0.1, 0.15) is 35.3 Å². The van der Waals surface area contributed by atoms with E-state index in [0.717, 1.165) is 10.8 Å². The van der Waals surface area contributed by atoms with Crippen molar-refractivity contribution in [1.82, 2.24) is 25.9 Å². The topological polar surface area (TPSA) is 185 Å². The van der Waals surface area contributed by atoms with Gasteiger partial charge in [-0.3, -0.25) is 24.5 Å². The second-order valence-electron chi connectivity index (χ2n) is 8.31. The van der Waals surface area contributed by atoms with Gasteiger partial charge < -0.3 is 27.1 Å². The summed E-state index contributed by atoms with van der Waals surface area (Å²) in [5.74, 6) is -2.34. The van der Waals surface area contributed by atoms with Crippen LogP contribution in [0.4, 0.5) is 0 Å². The fraction of sp³-hybridized carbons (Fsp3) is 0.320. The molecule has 0 saturated carbocycles. The van der Waals surface area contributed by atoms with E-state index in [0.29, 0.717) is 30.6 Å². The van der Waals surface area contributed by atoms with Crippen molar-refractivity contribution in [3.8, 4) is 0 Å². The Hall–Kier alpha value is -4.09. The fourth-order valence-electron chi connectivity index (χ4n) is 3.71. The Balaban J connectivity index is 1.72. The van der Waals surface area contributed by atoms with Crippen molar-refractivity contribution in [2.24, 2.45) is 11.5 Å². The molecule has 0 saturated heterocycles. The number of unbranched alkanes of at least 4 members (excludes halogenated alkanes) is 1. The quantitative estimate of drug-likeness (QED) is 0.193. The first-order valence-electron chi connectivity index (χ1n) is 11.7. The van der Waals surface area contributed by atoms with Crippen LogP contribution in [0.2, 0.25) is 0 Å². The number of aromatic amines is 1. The van der Waals surface area contributed by atoms with Gasteiger partial charge >= 0.3 is 0 Å². The monoisotopic (exact) mass is 493 g/mol. The van der Waals surface area contributed by atoms with Crippen LogP contribution in [0.3, 0.4) is 0 Å². The number of nitrogens with two attached hydrogens (primary N) is 2. The predicted octanol–water partition coefficient (Wildman–Crippen LogP) is 0.119. The molecule has 2 aromatic carbocycles. The van der Waals surface area contributed by atoms with Crippen LogP contribution in [0.15, 0.2) is 55.0 Å². The number of benzene rings is 2. The molecule has 0 bridgehead atoms. The minimum Gasteiger partial charge on any atom is -0.351 e. The smallest absolute Gasteiger partial charge is 0.257 e. The van der Waals surface area contributed by atoms with Gasteiger partial charge in [-0.2, -0.15) is 0 Å². The summed E-state index contributed by atoms with van der Waals surface area (Å²) in [5.41, 5.74) is 11.8. The average Bonchev–Trinajstić information content (AvgIpc) is 3.40. The fourth-order valence-corrected chi connectivity index (χ4v) is 3.71. The Bertz CT molecular complexity index is 1200. The number of nitrogens with one attached hydrogen (secondary N) is 4. The number of hydrogen-bond acceptors (Lipinski definition) is 7. The van der Waals surface area contributed by atoms with Gasteiger partial charge in [-0.1, -0.05) is 30.3 Å². The highest BCUT2D eigenvalue weighted by Gasteiger charge is 2.28. The molecular formula is C25H31N7O4. The summed E-state index contributed by atoms with van der Waals surface area (Å²) < 4.78 is 0. The summed E-state index contributed by atoms with van der Waals surface area (Å²) >= 11 is 0. The predicted molar refractivity (Wildman–Crippen MR) is 135 cm³/mol. The van der Waals surface area contributed by atoms with Gasteiger partial charge in [0.15, 0.2) is 0 Å². The van der Waals surface area contributed by atoms with Crippen LogP contribution >= 0.6 is 0 Å². The highest BCUT2D eigenvalue weighted by molar-refractivity contribution is 6.08. The zero-order chi connectivity index (χ0) is 25.9. The maximum atomic E-state index is 13.1. The highest BCUT2D eigenvalue weighted by atomic mass is 16.2. The largest absolute Gasteiger partial charge is 0.351 e. The number of imide groups is 1. The number of amides is 4. The van der Waals surface area contributed by atoms with Crippen molar-refractivity contribution >= 4 is 34.4 Å². The molecule has 11 heteroatoms. The number of aromatic nitrogens is 2. The van der Waals surface area contributed by atoms with Crippen LogP contribution in [-0.2, 0) is 20.8 Å². The summed E-state index contributed by atoms with van der Waals surface area (Å²) in [6.45, 7) is 0.123. The lowest BCUT2D eigenvalue weighted by Crippen LogP contribution is -2.55. The number of carbonyl (C=O) groups is 4. The Morgan fingerprint density at radius 2 is 1.69 bits per heavy atom. The number of H-pyrrole nitrogens is 1. The number of imidazole rings is 1. The van der Waals surface area contributed by atoms with E-state index in [1.807, 2.05) is 24.3 Å². The molecule has 190 valence electrons. The van der Waals surface area contributed by atoms with E-state index in [2.05, 4.69) is 25.9 Å². The molecule has 0 spiro atoms. The Kier molecular flexibility index (Phi) is 9.66. The molecule has 0 aliphatic carbocycles. The van der Waals surface area contributed by atoms with E-state index in [-0.39, 0.29) is 19.4 Å². The zero-order valence-corrected chi connectivity index (χ0v) is 19.8. The van der Waals surface area contributed by atoms with Crippen molar-refractivity contribution < 1.29 is 19.2 Å². The van der Waals surface area contributed by atoms with Gasteiger partial charge in [0.05, 0.1) is 18.6 Å². The SMILES string of the molecule is NCCCC[C@H](NC(=O)[C@H](Cc1c[nH]cn1)NC(=O)CN)C(=O)NC(=O)c1ccc2ccccc2c1. The van der Waals surface area contributed by atoms with Crippen LogP contribution < -0.4 is 27.4 Å². The Morgan fingerprint density at radius 3 is 2.39 bits per heavy atom. The van der Waals surface area contributed by atoms with Gasteiger partial charge in [-0.15, -0.1) is 0 Å². The lowest BCUT2D eigenvalue weighted by Gasteiger charge is -2.22. The van der Waals surface area contributed by atoms with Gasteiger partial charge in [-0.05, 0) is 48.7 Å². The first kappa shape index (κ1) is 26.5. The first-order chi connectivity index (χ1) is 17.4. The average molecular weight is 494 g/mol. The van der Waals surface area contributed by atoms with Crippen molar-refractivity contribution in [2.75, 3.05) is 13.1 Å². The number of nitrogens with zero attached hydrogens (tertiary/aromatic N) is 1. The summed E-state index contributed by atoms with van der Waals surface area (Å²) in [5, 5.41) is 9.43. The Labute approximate surface area is 208 Å². The third-order valence-electron chi connectivity index (χ3n) is 5.63. The van der Waals surface area contributed by atoms with Crippen LogP contribution in [0.25, 0.3) is 10.8 Å². The van der Waals surface area contributed by atoms with Crippen molar-refractivity contribution in [2.45, 2.75) is 37.8 Å². The maximum Gasteiger partial charge on any atom is 0.257 e. The summed E-state index contributed by atoms with van der Waals surface area (Å²) in [6.07, 6.45) is 4.60. The van der Waals surface area contributed by atoms with Crippen molar-refractivity contribution in [3.63, 3.8) is 0 Å². The molecule has 1 heterocycles. The molecule has 36 heavy (non-hydrogen) atoms. The molecule has 0 aliphatic heterocycles. The first-order valence-corrected chi connectivity index (χ1v) is 11.7. The van der Waals surface area contributed by atoms with Gasteiger partial charge in [0.2, 0.25) is 17.7 Å². The molecule has 0 unspecified atom stereocenters. The maximum absolute atomic E-state index is 13.1. The lowest BCUT2D eigenvalue weighted by atomic mass is 10.0. The van der Waals surface area contributed by atoms with Crippen molar-refractivity contribution in [3.05, 3.63) is 66.2 Å². The third kappa shape index (κ3) is 7.45. The van der Waals surface area contributed by atoms with E-state index in [1.165, 1.54) is 6.33 Å². The van der Waals surface area contributed by atoms with E-state index in [4.69, 9.17) is 11.5 Å². The zero-order valence-electron chi connectivity index (χ0n) is 19.8. The summed E-state index contributed by atoms with van der Waals surface area (Å²) in [4.78, 5) is 57.7. The van der Waals surface area contributed by atoms with Gasteiger partial charge in [0.25, 0.3) is 5.91 Å². The number of hydrogen-bond donors (Lipinski definition) is 6. The standard InChI is InChI=1S/C25H31N7O4/c26-10-4-3-7-20(31-25(36)21(30-22(33)13-27)12-19-14-28-15-29-19)24(35)32-23(34)18-9-8-16-5-1-2-6-17(16)11-18/h1-2,5-6,8-9,11,14-15,20-21H,3-4,7,10,12-13,26-27H2,(H,28,29)(H,30,33)(H,31,36)(H,32,34,35)/t20-,21-/m0/s1. The molecule has 0 fully saturated rings. The number of carbonyl (C=O) groups excluding carboxylic acids is 4. The van der Waals surface area contributed by atoms with Crippen LogP contribution in [0.5, 0.6) is 0 Å². The minimum absolute atomic E-state index is 0.0915. The summed E-state index contributed by atoms with van der Waals surface area (Å²) in [7, 11) is 0. The number of fused-ring (bicyclic) bond motifs is 1. The second-order valence-corrected chi connectivity index (χ2v) is 8.31. The molecule has 1 aromatic heterocycles. The molecule has 0 radical (unpaired) electrons. The van der Waals surface area contributed by atoms with E-state index in [9.17, 15) is 19.2 Å².